The van der Waals surface area contributed by atoms with Crippen LogP contribution in [0, 0.1) is 13.8 Å². The molecular weight excluding hydrogens is 156 g/mol. The Labute approximate surface area is 71.7 Å². The van der Waals surface area contributed by atoms with Crippen LogP contribution in [0.3, 0.4) is 0 Å². The first-order valence-corrected chi connectivity index (χ1v) is 4.71. The highest BCUT2D eigenvalue weighted by Crippen LogP contribution is 2.27. The summed E-state index contributed by atoms with van der Waals surface area (Å²) in [5.74, 6) is 0. The van der Waals surface area contributed by atoms with E-state index >= 15 is 0 Å². The van der Waals surface area contributed by atoms with Crippen molar-refractivity contribution >= 4 is 11.3 Å². The summed E-state index contributed by atoms with van der Waals surface area (Å²) in [7, 11) is 0. The normalized spacial score (nSPS) is 10.5. The van der Waals surface area contributed by atoms with Gasteiger partial charge in [-0.2, -0.15) is 0 Å². The third-order valence-corrected chi connectivity index (χ3v) is 3.47. The summed E-state index contributed by atoms with van der Waals surface area (Å²) in [5.41, 5.74) is 2.42. The molecule has 1 rings (SSSR count). The van der Waals surface area contributed by atoms with Gasteiger partial charge in [0.25, 0.3) is 0 Å². The topological polar surface area (TPSA) is 20.2 Å². The first-order valence-electron chi connectivity index (χ1n) is 3.89. The molecule has 62 valence electrons. The van der Waals surface area contributed by atoms with Crippen LogP contribution in [0.4, 0.5) is 0 Å². The minimum atomic E-state index is 0.194. The standard InChI is InChI=1S/C9H14OS/c1-4-9-8(5-10)6(2)7(3)11-9/h10H,4-5H2,1-3H3. The molecule has 1 aromatic heterocycles. The zero-order chi connectivity index (χ0) is 8.43. The average molecular weight is 170 g/mol. The zero-order valence-electron chi connectivity index (χ0n) is 7.27. The van der Waals surface area contributed by atoms with E-state index in [4.69, 9.17) is 5.11 Å². The third-order valence-electron chi connectivity index (χ3n) is 2.07. The third kappa shape index (κ3) is 1.47. The molecule has 0 spiro atoms. The Morgan fingerprint density at radius 3 is 2.36 bits per heavy atom. The molecule has 1 heterocycles. The van der Waals surface area contributed by atoms with Gasteiger partial charge in [-0.15, -0.1) is 11.3 Å². The van der Waals surface area contributed by atoms with E-state index in [2.05, 4.69) is 20.8 Å². The fraction of sp³-hybridized carbons (Fsp3) is 0.556. The van der Waals surface area contributed by atoms with Gasteiger partial charge >= 0.3 is 0 Å². The van der Waals surface area contributed by atoms with Crippen LogP contribution < -0.4 is 0 Å². The molecular formula is C9H14OS. The lowest BCUT2D eigenvalue weighted by Crippen LogP contribution is -1.88. The molecule has 1 nitrogen and oxygen atoms in total. The van der Waals surface area contributed by atoms with Gasteiger partial charge in [0.1, 0.15) is 0 Å². The number of aliphatic hydroxyl groups excluding tert-OH is 1. The van der Waals surface area contributed by atoms with Crippen molar-refractivity contribution in [2.24, 2.45) is 0 Å². The van der Waals surface area contributed by atoms with E-state index in [1.54, 1.807) is 11.3 Å². The first kappa shape index (κ1) is 8.75. The molecule has 2 heteroatoms. The predicted octanol–water partition coefficient (Wildman–Crippen LogP) is 2.42. The van der Waals surface area contributed by atoms with E-state index in [0.717, 1.165) is 12.0 Å². The second-order valence-electron chi connectivity index (χ2n) is 2.70. The van der Waals surface area contributed by atoms with Crippen LogP contribution in [-0.4, -0.2) is 5.11 Å². The van der Waals surface area contributed by atoms with Crippen molar-refractivity contribution in [3.8, 4) is 0 Å². The van der Waals surface area contributed by atoms with Crippen molar-refractivity contribution in [1.82, 2.24) is 0 Å². The van der Waals surface area contributed by atoms with Gasteiger partial charge in [0.15, 0.2) is 0 Å². The lowest BCUT2D eigenvalue weighted by Gasteiger charge is -1.97. The molecule has 11 heavy (non-hydrogen) atoms. The smallest absolute Gasteiger partial charge is 0.0695 e. The number of hydrogen-bond donors (Lipinski definition) is 1. The molecule has 0 fully saturated rings. The maximum atomic E-state index is 9.05. The molecule has 0 bridgehead atoms. The maximum absolute atomic E-state index is 9.05. The molecule has 1 aromatic rings. The van der Waals surface area contributed by atoms with E-state index in [1.807, 2.05) is 0 Å². The monoisotopic (exact) mass is 170 g/mol. The number of aryl methyl sites for hydroxylation is 2. The van der Waals surface area contributed by atoms with Crippen LogP contribution in [0.5, 0.6) is 0 Å². The van der Waals surface area contributed by atoms with Gasteiger partial charge in [0, 0.05) is 9.75 Å². The van der Waals surface area contributed by atoms with Crippen molar-refractivity contribution in [2.45, 2.75) is 33.8 Å². The summed E-state index contributed by atoms with van der Waals surface area (Å²) in [6.45, 7) is 6.51. The molecule has 0 aliphatic heterocycles. The highest BCUT2D eigenvalue weighted by atomic mass is 32.1. The number of hydrogen-bond acceptors (Lipinski definition) is 2. The molecule has 0 saturated carbocycles. The predicted molar refractivity (Wildman–Crippen MR) is 49.1 cm³/mol. The fourth-order valence-electron chi connectivity index (χ4n) is 1.24. The van der Waals surface area contributed by atoms with Gasteiger partial charge in [-0.1, -0.05) is 6.92 Å². The number of aliphatic hydroxyl groups is 1. The van der Waals surface area contributed by atoms with Crippen molar-refractivity contribution in [3.05, 3.63) is 20.9 Å². The lowest BCUT2D eigenvalue weighted by molar-refractivity contribution is 0.280. The van der Waals surface area contributed by atoms with E-state index in [9.17, 15) is 0 Å². The molecule has 0 saturated heterocycles. The van der Waals surface area contributed by atoms with Gasteiger partial charge in [-0.25, -0.2) is 0 Å². The van der Waals surface area contributed by atoms with E-state index in [1.165, 1.54) is 15.3 Å². The number of rotatable bonds is 2. The van der Waals surface area contributed by atoms with E-state index in [0.29, 0.717) is 0 Å². The molecule has 0 aliphatic carbocycles. The fourth-order valence-corrected chi connectivity index (χ4v) is 2.37. The second-order valence-corrected chi connectivity index (χ2v) is 4.01. The van der Waals surface area contributed by atoms with Gasteiger partial charge in [0.05, 0.1) is 6.61 Å². The minimum Gasteiger partial charge on any atom is -0.392 e. The summed E-state index contributed by atoms with van der Waals surface area (Å²) in [6, 6.07) is 0. The van der Waals surface area contributed by atoms with Gasteiger partial charge in [0.2, 0.25) is 0 Å². The van der Waals surface area contributed by atoms with Crippen molar-refractivity contribution in [3.63, 3.8) is 0 Å². The second kappa shape index (κ2) is 3.37. The Morgan fingerprint density at radius 1 is 1.36 bits per heavy atom. The molecule has 0 aromatic carbocycles. The van der Waals surface area contributed by atoms with Crippen molar-refractivity contribution in [2.75, 3.05) is 0 Å². The lowest BCUT2D eigenvalue weighted by atomic mass is 10.1. The number of thiophene rings is 1. The highest BCUT2D eigenvalue weighted by Gasteiger charge is 2.08. The molecule has 0 amide bonds. The molecule has 0 atom stereocenters. The molecule has 1 N–H and O–H groups in total. The quantitative estimate of drug-likeness (QED) is 0.722. The molecule has 0 aliphatic rings. The van der Waals surface area contributed by atoms with Crippen LogP contribution in [0.15, 0.2) is 0 Å². The summed E-state index contributed by atoms with van der Waals surface area (Å²) in [4.78, 5) is 2.67. The van der Waals surface area contributed by atoms with Crippen molar-refractivity contribution in [1.29, 1.82) is 0 Å². The summed E-state index contributed by atoms with van der Waals surface area (Å²) >= 11 is 1.81. The van der Waals surface area contributed by atoms with Crippen molar-refractivity contribution < 1.29 is 5.11 Å². The highest BCUT2D eigenvalue weighted by molar-refractivity contribution is 7.12. The van der Waals surface area contributed by atoms with Gasteiger partial charge in [-0.3, -0.25) is 0 Å². The van der Waals surface area contributed by atoms with Gasteiger partial charge in [-0.05, 0) is 31.4 Å². The Bertz CT molecular complexity index is 250. The van der Waals surface area contributed by atoms with Crippen LogP contribution in [0.25, 0.3) is 0 Å². The summed E-state index contributed by atoms with van der Waals surface area (Å²) in [6.07, 6.45) is 1.04. The summed E-state index contributed by atoms with van der Waals surface area (Å²) < 4.78 is 0. The Balaban J connectivity index is 3.15. The zero-order valence-corrected chi connectivity index (χ0v) is 8.09. The summed E-state index contributed by atoms with van der Waals surface area (Å²) in [5, 5.41) is 9.05. The van der Waals surface area contributed by atoms with E-state index in [-0.39, 0.29) is 6.61 Å². The Morgan fingerprint density at radius 2 is 2.00 bits per heavy atom. The van der Waals surface area contributed by atoms with Gasteiger partial charge < -0.3 is 5.11 Å². The minimum absolute atomic E-state index is 0.194. The molecule has 0 unspecified atom stereocenters. The maximum Gasteiger partial charge on any atom is 0.0695 e. The largest absolute Gasteiger partial charge is 0.392 e. The molecule has 0 radical (unpaired) electrons. The van der Waals surface area contributed by atoms with Crippen LogP contribution in [0.2, 0.25) is 0 Å². The van der Waals surface area contributed by atoms with Crippen LogP contribution >= 0.6 is 11.3 Å². The van der Waals surface area contributed by atoms with E-state index < -0.39 is 0 Å². The Kier molecular flexibility index (Phi) is 2.68. The Hall–Kier alpha value is -0.340. The van der Waals surface area contributed by atoms with Crippen LogP contribution in [-0.2, 0) is 13.0 Å². The SMILES string of the molecule is CCc1sc(C)c(C)c1CO. The average Bonchev–Trinajstić information content (AvgIpc) is 2.28. The van der Waals surface area contributed by atoms with Crippen LogP contribution in [0.1, 0.15) is 27.8 Å². The first-order chi connectivity index (χ1) is 5.20.